The zero-order chi connectivity index (χ0) is 15.1. The Morgan fingerprint density at radius 2 is 2.38 bits per heavy atom. The average molecular weight is 306 g/mol. The maximum Gasteiger partial charge on any atom is 0.342 e. The quantitative estimate of drug-likeness (QED) is 0.497. The van der Waals surface area contributed by atoms with Crippen LogP contribution in [0.5, 0.6) is 0 Å². The zero-order valence-electron chi connectivity index (χ0n) is 11.9. The summed E-state index contributed by atoms with van der Waals surface area (Å²) >= 11 is 1.18. The molecule has 6 heteroatoms. The summed E-state index contributed by atoms with van der Waals surface area (Å²) in [5, 5.41) is 2.72. The van der Waals surface area contributed by atoms with E-state index in [9.17, 15) is 9.59 Å². The fraction of sp³-hybridized carbons (Fsp3) is 0.400. The lowest BCUT2D eigenvalue weighted by molar-refractivity contribution is -0.127. The Hall–Kier alpha value is -1.82. The van der Waals surface area contributed by atoms with E-state index in [1.165, 1.54) is 18.1 Å². The molecular weight excluding hydrogens is 288 g/mol. The highest BCUT2D eigenvalue weighted by Crippen LogP contribution is 2.21. The van der Waals surface area contributed by atoms with E-state index in [0.717, 1.165) is 29.7 Å². The average Bonchev–Trinajstić information content (AvgIpc) is 2.49. The third-order valence-electron chi connectivity index (χ3n) is 3.00. The summed E-state index contributed by atoms with van der Waals surface area (Å²) in [5.74, 6) is 1.05. The molecule has 1 amide bonds. The minimum Gasteiger partial charge on any atom is -0.388 e. The van der Waals surface area contributed by atoms with Gasteiger partial charge in [-0.1, -0.05) is 13.3 Å². The maximum atomic E-state index is 11.5. The number of pyridine rings is 1. The Balaban J connectivity index is 1.89. The molecule has 1 aromatic heterocycles. The van der Waals surface area contributed by atoms with Gasteiger partial charge in [-0.3, -0.25) is 4.79 Å². The monoisotopic (exact) mass is 306 g/mol. The molecule has 0 saturated heterocycles. The van der Waals surface area contributed by atoms with Crippen LogP contribution in [0.2, 0.25) is 0 Å². The largest absolute Gasteiger partial charge is 0.388 e. The van der Waals surface area contributed by atoms with Crippen LogP contribution in [0.25, 0.3) is 6.08 Å². The van der Waals surface area contributed by atoms with E-state index in [1.807, 2.05) is 6.07 Å². The molecule has 1 aliphatic heterocycles. The minimum absolute atomic E-state index is 0.00836. The molecule has 0 radical (unpaired) electrons. The van der Waals surface area contributed by atoms with Crippen LogP contribution in [-0.2, 0) is 20.2 Å². The number of nitrogens with one attached hydrogen (secondary N) is 1. The molecular formula is C15H18N2O3S. The van der Waals surface area contributed by atoms with Gasteiger partial charge in [0.15, 0.2) is 0 Å². The molecule has 1 aliphatic rings. The minimum atomic E-state index is -0.373. The SMILES string of the molecule is CCCCSOC(=O)/C=C/c1cnc2c(c1)CCC(=O)N2. The van der Waals surface area contributed by atoms with E-state index < -0.39 is 0 Å². The molecule has 0 fully saturated rings. The van der Waals surface area contributed by atoms with Crippen molar-refractivity contribution in [3.8, 4) is 0 Å². The van der Waals surface area contributed by atoms with Gasteiger partial charge in [0.25, 0.3) is 0 Å². The van der Waals surface area contributed by atoms with Gasteiger partial charge in [0, 0.05) is 24.4 Å². The number of hydrogen-bond donors (Lipinski definition) is 1. The van der Waals surface area contributed by atoms with Crippen LogP contribution in [0, 0.1) is 0 Å². The van der Waals surface area contributed by atoms with Crippen LogP contribution in [0.4, 0.5) is 5.82 Å². The molecule has 1 N–H and O–H groups in total. The fourth-order valence-corrected chi connectivity index (χ4v) is 2.52. The number of nitrogens with zero attached hydrogens (tertiary/aromatic N) is 1. The molecule has 1 aromatic rings. The first-order valence-electron chi connectivity index (χ1n) is 6.99. The first kappa shape index (κ1) is 15.6. The van der Waals surface area contributed by atoms with Gasteiger partial charge in [-0.15, -0.1) is 0 Å². The van der Waals surface area contributed by atoms with E-state index in [1.54, 1.807) is 12.3 Å². The van der Waals surface area contributed by atoms with Crippen LogP contribution in [-0.4, -0.2) is 22.6 Å². The Morgan fingerprint density at radius 3 is 3.19 bits per heavy atom. The van der Waals surface area contributed by atoms with Crippen LogP contribution >= 0.6 is 12.0 Å². The van der Waals surface area contributed by atoms with Crippen molar-refractivity contribution in [2.75, 3.05) is 11.1 Å². The van der Waals surface area contributed by atoms with Crippen LogP contribution in [0.1, 0.15) is 37.3 Å². The fourth-order valence-electron chi connectivity index (χ4n) is 1.86. The molecule has 112 valence electrons. The van der Waals surface area contributed by atoms with Gasteiger partial charge in [-0.05, 0) is 36.1 Å². The van der Waals surface area contributed by atoms with Crippen LogP contribution < -0.4 is 5.32 Å². The van der Waals surface area contributed by atoms with Crippen molar-refractivity contribution in [3.63, 3.8) is 0 Å². The van der Waals surface area contributed by atoms with Crippen LogP contribution in [0.15, 0.2) is 18.3 Å². The van der Waals surface area contributed by atoms with E-state index in [-0.39, 0.29) is 11.9 Å². The smallest absolute Gasteiger partial charge is 0.342 e. The topological polar surface area (TPSA) is 68.3 Å². The number of aryl methyl sites for hydroxylation is 1. The van der Waals surface area contributed by atoms with Gasteiger partial charge in [0.2, 0.25) is 5.91 Å². The number of fused-ring (bicyclic) bond motifs is 1. The predicted molar refractivity (Wildman–Crippen MR) is 83.7 cm³/mol. The maximum absolute atomic E-state index is 11.5. The van der Waals surface area contributed by atoms with Crippen molar-refractivity contribution in [3.05, 3.63) is 29.5 Å². The number of carbonyl (C=O) groups is 2. The second-order valence-electron chi connectivity index (χ2n) is 4.74. The number of carbonyl (C=O) groups excluding carboxylic acids is 2. The summed E-state index contributed by atoms with van der Waals surface area (Å²) < 4.78 is 5.01. The van der Waals surface area contributed by atoms with E-state index in [2.05, 4.69) is 17.2 Å². The van der Waals surface area contributed by atoms with Gasteiger partial charge < -0.3 is 9.50 Å². The Kier molecular flexibility index (Phi) is 5.80. The Bertz CT molecular complexity index is 558. The molecule has 2 rings (SSSR count). The number of hydrogen-bond acceptors (Lipinski definition) is 5. The highest BCUT2D eigenvalue weighted by atomic mass is 32.2. The summed E-state index contributed by atoms with van der Waals surface area (Å²) in [6.45, 7) is 2.09. The summed E-state index contributed by atoms with van der Waals surface area (Å²) in [4.78, 5) is 26.9. The first-order valence-corrected chi connectivity index (χ1v) is 7.90. The molecule has 2 heterocycles. The number of aromatic nitrogens is 1. The van der Waals surface area contributed by atoms with E-state index in [0.29, 0.717) is 18.7 Å². The molecule has 0 spiro atoms. The van der Waals surface area contributed by atoms with E-state index in [4.69, 9.17) is 4.18 Å². The highest BCUT2D eigenvalue weighted by molar-refractivity contribution is 7.95. The van der Waals surface area contributed by atoms with Crippen molar-refractivity contribution in [1.82, 2.24) is 4.98 Å². The molecule has 0 bridgehead atoms. The molecule has 0 aromatic carbocycles. The lowest BCUT2D eigenvalue weighted by Crippen LogP contribution is -2.20. The van der Waals surface area contributed by atoms with E-state index >= 15 is 0 Å². The predicted octanol–water partition coefficient (Wildman–Crippen LogP) is 2.97. The summed E-state index contributed by atoms with van der Waals surface area (Å²) in [6.07, 6.45) is 7.94. The first-order chi connectivity index (χ1) is 10.2. The third-order valence-corrected chi connectivity index (χ3v) is 3.74. The molecule has 0 atom stereocenters. The zero-order valence-corrected chi connectivity index (χ0v) is 12.7. The summed E-state index contributed by atoms with van der Waals surface area (Å²) in [7, 11) is 0. The Labute approximate surface area is 128 Å². The van der Waals surface area contributed by atoms with Gasteiger partial charge >= 0.3 is 5.97 Å². The summed E-state index contributed by atoms with van der Waals surface area (Å²) in [5.41, 5.74) is 1.81. The molecule has 0 unspecified atom stereocenters. The lowest BCUT2D eigenvalue weighted by atomic mass is 10.0. The number of amides is 1. The number of anilines is 1. The van der Waals surface area contributed by atoms with Crippen molar-refractivity contribution < 1.29 is 13.8 Å². The van der Waals surface area contributed by atoms with Crippen molar-refractivity contribution in [2.24, 2.45) is 0 Å². The van der Waals surface area contributed by atoms with Gasteiger partial charge in [-0.25, -0.2) is 9.78 Å². The van der Waals surface area contributed by atoms with Gasteiger partial charge in [0.05, 0.1) is 12.0 Å². The number of rotatable bonds is 6. The molecule has 0 aliphatic carbocycles. The lowest BCUT2D eigenvalue weighted by Gasteiger charge is -2.15. The molecule has 21 heavy (non-hydrogen) atoms. The van der Waals surface area contributed by atoms with Crippen LogP contribution in [0.3, 0.4) is 0 Å². The normalized spacial score (nSPS) is 13.9. The molecule has 5 nitrogen and oxygen atoms in total. The standard InChI is InChI=1S/C15H18N2O3S/c1-2-3-8-21-20-14(19)7-4-11-9-12-5-6-13(18)17-15(12)16-10-11/h4,7,9-10H,2-3,5-6,8H2,1H3,(H,16,17,18)/b7-4+. The van der Waals surface area contributed by atoms with Crippen molar-refractivity contribution in [1.29, 1.82) is 0 Å². The third kappa shape index (κ3) is 4.90. The van der Waals surface area contributed by atoms with Gasteiger partial charge in [-0.2, -0.15) is 0 Å². The summed E-state index contributed by atoms with van der Waals surface area (Å²) in [6, 6.07) is 1.93. The molecule has 0 saturated carbocycles. The van der Waals surface area contributed by atoms with Crippen molar-refractivity contribution in [2.45, 2.75) is 32.6 Å². The van der Waals surface area contributed by atoms with Gasteiger partial charge in [0.1, 0.15) is 5.82 Å². The number of unbranched alkanes of at least 4 members (excludes halogenated alkanes) is 1. The second kappa shape index (κ2) is 7.83. The second-order valence-corrected chi connectivity index (χ2v) is 5.55. The van der Waals surface area contributed by atoms with Crippen molar-refractivity contribution >= 4 is 35.8 Å². The highest BCUT2D eigenvalue weighted by Gasteiger charge is 2.15. The Morgan fingerprint density at radius 1 is 1.52 bits per heavy atom.